The van der Waals surface area contributed by atoms with Gasteiger partial charge in [0.05, 0.1) is 0 Å². The maximum atomic E-state index is 10.7. The van der Waals surface area contributed by atoms with Crippen LogP contribution >= 0.6 is 0 Å². The molecule has 0 saturated carbocycles. The van der Waals surface area contributed by atoms with E-state index in [4.69, 9.17) is 14.2 Å². The maximum absolute atomic E-state index is 10.7. The highest BCUT2D eigenvalue weighted by atomic mass is 16.7. The molecule has 0 aromatic heterocycles. The van der Waals surface area contributed by atoms with Crippen molar-refractivity contribution in [1.29, 1.82) is 0 Å². The van der Waals surface area contributed by atoms with E-state index in [1.165, 1.54) is 6.92 Å². The minimum absolute atomic E-state index is 0.0154. The number of ketones is 1. The van der Waals surface area contributed by atoms with Crippen LogP contribution in [0.3, 0.4) is 0 Å². The predicted molar refractivity (Wildman–Crippen MR) is 53.1 cm³/mol. The first-order valence-electron chi connectivity index (χ1n) is 4.96. The Morgan fingerprint density at radius 1 is 1.14 bits per heavy atom. The lowest BCUT2D eigenvalue weighted by Crippen LogP contribution is -2.33. The van der Waals surface area contributed by atoms with Crippen molar-refractivity contribution < 1.29 is 19.0 Å². The average molecular weight is 204 g/mol. The van der Waals surface area contributed by atoms with E-state index in [2.05, 4.69) is 0 Å². The molecule has 84 valence electrons. The zero-order valence-electron chi connectivity index (χ0n) is 9.41. The van der Waals surface area contributed by atoms with E-state index < -0.39 is 6.29 Å². The number of carbonyl (C=O) groups is 1. The molecule has 0 rings (SSSR count). The highest BCUT2D eigenvalue weighted by molar-refractivity contribution is 5.76. The quantitative estimate of drug-likeness (QED) is 0.560. The predicted octanol–water partition coefficient (Wildman–Crippen LogP) is 1.38. The van der Waals surface area contributed by atoms with Gasteiger partial charge in [-0.3, -0.25) is 4.79 Å². The van der Waals surface area contributed by atoms with Crippen molar-refractivity contribution in [2.24, 2.45) is 0 Å². The molecule has 0 aromatic rings. The molecule has 0 aliphatic carbocycles. The van der Waals surface area contributed by atoms with E-state index >= 15 is 0 Å². The van der Waals surface area contributed by atoms with Gasteiger partial charge >= 0.3 is 0 Å². The molecule has 0 amide bonds. The van der Waals surface area contributed by atoms with Crippen molar-refractivity contribution in [3.8, 4) is 0 Å². The molecule has 2 atom stereocenters. The van der Waals surface area contributed by atoms with Crippen LogP contribution in [0.1, 0.15) is 27.7 Å². The van der Waals surface area contributed by atoms with Gasteiger partial charge in [0, 0.05) is 13.2 Å². The molecule has 0 saturated heterocycles. The molecule has 0 aliphatic heterocycles. The van der Waals surface area contributed by atoms with E-state index in [0.717, 1.165) is 0 Å². The molecule has 0 heterocycles. The molecule has 0 aliphatic rings. The fraction of sp³-hybridized carbons (Fsp3) is 0.900. The van der Waals surface area contributed by atoms with Gasteiger partial charge < -0.3 is 14.2 Å². The van der Waals surface area contributed by atoms with Gasteiger partial charge in [0.25, 0.3) is 0 Å². The Labute approximate surface area is 85.5 Å². The Morgan fingerprint density at radius 3 is 2.14 bits per heavy atom. The van der Waals surface area contributed by atoms with E-state index in [1.807, 2.05) is 20.8 Å². The average Bonchev–Trinajstić information content (AvgIpc) is 2.12. The zero-order chi connectivity index (χ0) is 11.0. The van der Waals surface area contributed by atoms with Crippen LogP contribution in [-0.2, 0) is 19.0 Å². The smallest absolute Gasteiger partial charge is 0.183 e. The zero-order valence-corrected chi connectivity index (χ0v) is 9.41. The Morgan fingerprint density at radius 2 is 1.71 bits per heavy atom. The van der Waals surface area contributed by atoms with Crippen LogP contribution in [0.4, 0.5) is 0 Å². The largest absolute Gasteiger partial charge is 0.374 e. The van der Waals surface area contributed by atoms with Crippen LogP contribution in [0.2, 0.25) is 0 Å². The SMILES string of the molecule is CCOC(C)C(OCC)OCC(C)=O. The first-order chi connectivity index (χ1) is 6.61. The molecule has 0 spiro atoms. The topological polar surface area (TPSA) is 44.8 Å². The third-order valence-electron chi connectivity index (χ3n) is 1.59. The van der Waals surface area contributed by atoms with E-state index in [-0.39, 0.29) is 18.5 Å². The lowest BCUT2D eigenvalue weighted by Gasteiger charge is -2.23. The third-order valence-corrected chi connectivity index (χ3v) is 1.59. The molecule has 0 bridgehead atoms. The number of hydrogen-bond acceptors (Lipinski definition) is 4. The van der Waals surface area contributed by atoms with Crippen molar-refractivity contribution in [3.63, 3.8) is 0 Å². The minimum Gasteiger partial charge on any atom is -0.374 e. The molecule has 4 heteroatoms. The van der Waals surface area contributed by atoms with Crippen LogP contribution in [0, 0.1) is 0 Å². The Hall–Kier alpha value is -0.450. The second-order valence-electron chi connectivity index (χ2n) is 3.00. The summed E-state index contributed by atoms with van der Waals surface area (Å²) in [4.78, 5) is 10.7. The van der Waals surface area contributed by atoms with Gasteiger partial charge in [0.1, 0.15) is 12.7 Å². The molecule has 0 radical (unpaired) electrons. The van der Waals surface area contributed by atoms with Crippen molar-refractivity contribution in [2.75, 3.05) is 19.8 Å². The summed E-state index contributed by atoms with van der Waals surface area (Å²) in [7, 11) is 0. The monoisotopic (exact) mass is 204 g/mol. The Bertz CT molecular complexity index is 158. The normalized spacial score (nSPS) is 15.1. The molecular formula is C10H20O4. The van der Waals surface area contributed by atoms with Crippen LogP contribution < -0.4 is 0 Å². The molecular weight excluding hydrogens is 184 g/mol. The summed E-state index contributed by atoms with van der Waals surface area (Å²) < 4.78 is 15.9. The van der Waals surface area contributed by atoms with Gasteiger partial charge in [0.2, 0.25) is 0 Å². The lowest BCUT2D eigenvalue weighted by atomic mass is 10.4. The number of Topliss-reactive ketones (excluding diaryl/α,β-unsaturated/α-hetero) is 1. The van der Waals surface area contributed by atoms with Gasteiger partial charge in [-0.25, -0.2) is 0 Å². The summed E-state index contributed by atoms with van der Waals surface area (Å²) in [6, 6.07) is 0. The maximum Gasteiger partial charge on any atom is 0.183 e. The minimum atomic E-state index is -0.455. The van der Waals surface area contributed by atoms with E-state index in [0.29, 0.717) is 13.2 Å². The van der Waals surface area contributed by atoms with Crippen LogP contribution in [0.5, 0.6) is 0 Å². The van der Waals surface area contributed by atoms with Gasteiger partial charge in [-0.15, -0.1) is 0 Å². The summed E-state index contributed by atoms with van der Waals surface area (Å²) in [5.41, 5.74) is 0. The van der Waals surface area contributed by atoms with Crippen molar-refractivity contribution in [3.05, 3.63) is 0 Å². The molecule has 2 unspecified atom stereocenters. The first kappa shape index (κ1) is 13.5. The van der Waals surface area contributed by atoms with Crippen molar-refractivity contribution in [2.45, 2.75) is 40.1 Å². The van der Waals surface area contributed by atoms with Gasteiger partial charge in [0.15, 0.2) is 12.1 Å². The summed E-state index contributed by atoms with van der Waals surface area (Å²) in [6.07, 6.45) is -0.608. The van der Waals surface area contributed by atoms with Crippen molar-refractivity contribution >= 4 is 5.78 Å². The molecule has 0 fully saturated rings. The summed E-state index contributed by atoms with van der Waals surface area (Å²) in [5, 5.41) is 0. The molecule has 4 nitrogen and oxygen atoms in total. The fourth-order valence-corrected chi connectivity index (χ4v) is 1.02. The van der Waals surface area contributed by atoms with Gasteiger partial charge in [-0.1, -0.05) is 0 Å². The molecule has 0 N–H and O–H groups in total. The Kier molecular flexibility index (Phi) is 7.65. The summed E-state index contributed by atoms with van der Waals surface area (Å²) in [5.74, 6) is -0.0154. The molecule has 14 heavy (non-hydrogen) atoms. The van der Waals surface area contributed by atoms with Crippen LogP contribution in [-0.4, -0.2) is 38.0 Å². The highest BCUT2D eigenvalue weighted by Crippen LogP contribution is 2.05. The van der Waals surface area contributed by atoms with Crippen LogP contribution in [0.15, 0.2) is 0 Å². The standard InChI is InChI=1S/C10H20O4/c1-5-12-9(4)10(13-6-2)14-7-8(3)11/h9-10H,5-7H2,1-4H3. The number of rotatable bonds is 8. The third kappa shape index (κ3) is 6.07. The van der Waals surface area contributed by atoms with Gasteiger partial charge in [-0.05, 0) is 27.7 Å². The summed E-state index contributed by atoms with van der Waals surface area (Å²) >= 11 is 0. The highest BCUT2D eigenvalue weighted by Gasteiger charge is 2.18. The fourth-order valence-electron chi connectivity index (χ4n) is 1.02. The summed E-state index contributed by atoms with van der Waals surface area (Å²) in [6.45, 7) is 8.35. The lowest BCUT2D eigenvalue weighted by molar-refractivity contribution is -0.199. The van der Waals surface area contributed by atoms with Crippen molar-refractivity contribution in [1.82, 2.24) is 0 Å². The Balaban J connectivity index is 3.92. The van der Waals surface area contributed by atoms with Gasteiger partial charge in [-0.2, -0.15) is 0 Å². The second kappa shape index (κ2) is 7.91. The van der Waals surface area contributed by atoms with E-state index in [9.17, 15) is 4.79 Å². The van der Waals surface area contributed by atoms with Crippen LogP contribution in [0.25, 0.3) is 0 Å². The van der Waals surface area contributed by atoms with E-state index in [1.54, 1.807) is 0 Å². The number of carbonyl (C=O) groups excluding carboxylic acids is 1. The number of hydrogen-bond donors (Lipinski definition) is 0. The first-order valence-corrected chi connectivity index (χ1v) is 4.96. The molecule has 0 aromatic carbocycles. The second-order valence-corrected chi connectivity index (χ2v) is 3.00. The number of ether oxygens (including phenoxy) is 3.